The number of carbonyl (C=O) groups is 1. The minimum atomic E-state index is -0.0570. The molecule has 0 radical (unpaired) electrons. The lowest BCUT2D eigenvalue weighted by Gasteiger charge is -2.21. The van der Waals surface area contributed by atoms with Gasteiger partial charge in [0.15, 0.2) is 5.96 Å². The first-order chi connectivity index (χ1) is 7.88. The second-order valence-corrected chi connectivity index (χ2v) is 5.48. The van der Waals surface area contributed by atoms with Crippen molar-refractivity contribution in [1.82, 2.24) is 10.2 Å². The Morgan fingerprint density at radius 3 is 2.76 bits per heavy atom. The Balaban J connectivity index is 2.18. The van der Waals surface area contributed by atoms with E-state index in [1.54, 1.807) is 0 Å². The summed E-state index contributed by atoms with van der Waals surface area (Å²) in [5.74, 6) is 0.750. The Hall–Kier alpha value is -1.26. The van der Waals surface area contributed by atoms with E-state index in [1.807, 2.05) is 25.7 Å². The second kappa shape index (κ2) is 5.89. The van der Waals surface area contributed by atoms with Crippen molar-refractivity contribution < 1.29 is 4.79 Å². The summed E-state index contributed by atoms with van der Waals surface area (Å²) >= 11 is 0. The Morgan fingerprint density at radius 1 is 1.53 bits per heavy atom. The number of hydrogen-bond acceptors (Lipinski definition) is 2. The lowest BCUT2D eigenvalue weighted by molar-refractivity contribution is -0.127. The van der Waals surface area contributed by atoms with E-state index < -0.39 is 0 Å². The number of hydrogen-bond donors (Lipinski definition) is 2. The molecule has 0 aromatic rings. The quantitative estimate of drug-likeness (QED) is 0.432. The summed E-state index contributed by atoms with van der Waals surface area (Å²) in [6.07, 6.45) is 2.57. The Kier molecular flexibility index (Phi) is 4.78. The first-order valence-electron chi connectivity index (χ1n) is 6.24. The third kappa shape index (κ3) is 5.56. The third-order valence-corrected chi connectivity index (χ3v) is 2.54. The van der Waals surface area contributed by atoms with Crippen LogP contribution in [-0.2, 0) is 4.79 Å². The Morgan fingerprint density at radius 2 is 2.24 bits per heavy atom. The van der Waals surface area contributed by atoms with Gasteiger partial charge in [0.1, 0.15) is 0 Å². The normalized spacial score (nSPS) is 17.7. The minimum Gasteiger partial charge on any atom is -0.370 e. The van der Waals surface area contributed by atoms with Gasteiger partial charge in [0.05, 0.1) is 0 Å². The molecule has 0 aliphatic carbocycles. The molecule has 0 spiro atoms. The van der Waals surface area contributed by atoms with Crippen LogP contribution >= 0.6 is 0 Å². The van der Waals surface area contributed by atoms with Gasteiger partial charge in [-0.3, -0.25) is 9.79 Å². The molecular formula is C12H24N4O. The number of nitrogens with zero attached hydrogens (tertiary/aromatic N) is 2. The number of nitrogens with one attached hydrogen (secondary N) is 1. The van der Waals surface area contributed by atoms with Gasteiger partial charge in [0.2, 0.25) is 5.91 Å². The number of amides is 1. The molecule has 0 aromatic carbocycles. The van der Waals surface area contributed by atoms with Gasteiger partial charge < -0.3 is 16.0 Å². The third-order valence-electron chi connectivity index (χ3n) is 2.54. The molecule has 17 heavy (non-hydrogen) atoms. The summed E-state index contributed by atoms with van der Waals surface area (Å²) in [7, 11) is 0. The van der Waals surface area contributed by atoms with Crippen molar-refractivity contribution >= 4 is 11.9 Å². The van der Waals surface area contributed by atoms with Gasteiger partial charge in [-0.05, 0) is 33.6 Å². The average molecular weight is 240 g/mol. The van der Waals surface area contributed by atoms with Gasteiger partial charge in [-0.1, -0.05) is 0 Å². The minimum absolute atomic E-state index is 0.0570. The molecule has 5 heteroatoms. The van der Waals surface area contributed by atoms with E-state index in [1.165, 1.54) is 0 Å². The van der Waals surface area contributed by atoms with Gasteiger partial charge in [-0.15, -0.1) is 0 Å². The van der Waals surface area contributed by atoms with Crippen molar-refractivity contribution in [3.63, 3.8) is 0 Å². The SMILES string of the molecule is CC(C)(C)NC(N)=NCCCN1CCCC1=O. The van der Waals surface area contributed by atoms with Crippen molar-refractivity contribution in [1.29, 1.82) is 0 Å². The van der Waals surface area contributed by atoms with Crippen molar-refractivity contribution in [3.8, 4) is 0 Å². The number of nitrogens with two attached hydrogens (primary N) is 1. The first-order valence-corrected chi connectivity index (χ1v) is 6.24. The molecule has 0 unspecified atom stereocenters. The van der Waals surface area contributed by atoms with Gasteiger partial charge in [-0.2, -0.15) is 0 Å². The molecule has 1 saturated heterocycles. The van der Waals surface area contributed by atoms with Crippen molar-refractivity contribution in [2.75, 3.05) is 19.6 Å². The highest BCUT2D eigenvalue weighted by Crippen LogP contribution is 2.09. The number of guanidine groups is 1. The standard InChI is InChI=1S/C12H24N4O/c1-12(2,3)15-11(13)14-7-5-9-16-8-4-6-10(16)17/h4-9H2,1-3H3,(H3,13,14,15). The van der Waals surface area contributed by atoms with E-state index in [9.17, 15) is 4.79 Å². The molecule has 1 fully saturated rings. The van der Waals surface area contributed by atoms with Crippen molar-refractivity contribution in [2.45, 2.75) is 45.6 Å². The van der Waals surface area contributed by atoms with Crippen LogP contribution in [0.2, 0.25) is 0 Å². The fourth-order valence-electron chi connectivity index (χ4n) is 1.83. The van der Waals surface area contributed by atoms with E-state index in [2.05, 4.69) is 10.3 Å². The average Bonchev–Trinajstić information content (AvgIpc) is 2.56. The summed E-state index contributed by atoms with van der Waals surface area (Å²) < 4.78 is 0. The zero-order chi connectivity index (χ0) is 12.9. The topological polar surface area (TPSA) is 70.7 Å². The summed E-state index contributed by atoms with van der Waals surface area (Å²) in [6.45, 7) is 8.48. The van der Waals surface area contributed by atoms with Crippen LogP contribution in [0.1, 0.15) is 40.0 Å². The van der Waals surface area contributed by atoms with E-state index in [4.69, 9.17) is 5.73 Å². The molecule has 0 saturated carbocycles. The molecule has 1 aliphatic rings. The van der Waals surface area contributed by atoms with Crippen LogP contribution in [0.4, 0.5) is 0 Å². The zero-order valence-corrected chi connectivity index (χ0v) is 11.1. The fraction of sp³-hybridized carbons (Fsp3) is 0.833. The van der Waals surface area contributed by atoms with E-state index >= 15 is 0 Å². The maximum absolute atomic E-state index is 11.3. The monoisotopic (exact) mass is 240 g/mol. The van der Waals surface area contributed by atoms with Gasteiger partial charge >= 0.3 is 0 Å². The highest BCUT2D eigenvalue weighted by Gasteiger charge is 2.18. The molecule has 1 rings (SSSR count). The van der Waals surface area contributed by atoms with Crippen LogP contribution in [0.5, 0.6) is 0 Å². The van der Waals surface area contributed by atoms with Crippen LogP contribution in [0.15, 0.2) is 4.99 Å². The van der Waals surface area contributed by atoms with Crippen LogP contribution in [-0.4, -0.2) is 41.9 Å². The zero-order valence-electron chi connectivity index (χ0n) is 11.1. The number of rotatable bonds is 4. The van der Waals surface area contributed by atoms with Crippen LogP contribution in [0, 0.1) is 0 Å². The molecular weight excluding hydrogens is 216 g/mol. The predicted molar refractivity (Wildman–Crippen MR) is 69.8 cm³/mol. The maximum Gasteiger partial charge on any atom is 0.222 e. The van der Waals surface area contributed by atoms with E-state index in [0.717, 1.165) is 25.9 Å². The summed E-state index contributed by atoms with van der Waals surface area (Å²) in [4.78, 5) is 17.5. The van der Waals surface area contributed by atoms with Gasteiger partial charge in [0, 0.05) is 31.6 Å². The maximum atomic E-state index is 11.3. The van der Waals surface area contributed by atoms with Crippen LogP contribution < -0.4 is 11.1 Å². The number of likely N-dealkylation sites (tertiary alicyclic amines) is 1. The summed E-state index contributed by atoms with van der Waals surface area (Å²) in [5, 5.41) is 3.10. The Bertz CT molecular complexity index is 293. The highest BCUT2D eigenvalue weighted by atomic mass is 16.2. The molecule has 0 bridgehead atoms. The first kappa shape index (κ1) is 13.8. The summed E-state index contributed by atoms with van der Waals surface area (Å²) in [6, 6.07) is 0. The molecule has 1 heterocycles. The predicted octanol–water partition coefficient (Wildman–Crippen LogP) is 0.702. The second-order valence-electron chi connectivity index (χ2n) is 5.48. The lowest BCUT2D eigenvalue weighted by atomic mass is 10.1. The van der Waals surface area contributed by atoms with E-state index in [-0.39, 0.29) is 11.4 Å². The molecule has 1 amide bonds. The van der Waals surface area contributed by atoms with Gasteiger partial charge in [0.25, 0.3) is 0 Å². The van der Waals surface area contributed by atoms with Gasteiger partial charge in [-0.25, -0.2) is 0 Å². The molecule has 0 atom stereocenters. The van der Waals surface area contributed by atoms with Crippen LogP contribution in [0.25, 0.3) is 0 Å². The Labute approximate surface area is 103 Å². The van der Waals surface area contributed by atoms with Crippen molar-refractivity contribution in [3.05, 3.63) is 0 Å². The van der Waals surface area contributed by atoms with Crippen LogP contribution in [0.3, 0.4) is 0 Å². The lowest BCUT2D eigenvalue weighted by Crippen LogP contribution is -2.45. The summed E-state index contributed by atoms with van der Waals surface area (Å²) in [5.41, 5.74) is 5.68. The molecule has 1 aliphatic heterocycles. The molecule has 5 nitrogen and oxygen atoms in total. The number of aliphatic imine (C=N–C) groups is 1. The molecule has 98 valence electrons. The molecule has 3 N–H and O–H groups in total. The largest absolute Gasteiger partial charge is 0.370 e. The molecule has 0 aromatic heterocycles. The highest BCUT2D eigenvalue weighted by molar-refractivity contribution is 5.78. The van der Waals surface area contributed by atoms with E-state index in [0.29, 0.717) is 18.9 Å². The smallest absolute Gasteiger partial charge is 0.222 e. The van der Waals surface area contributed by atoms with Crippen molar-refractivity contribution in [2.24, 2.45) is 10.7 Å². The fourth-order valence-corrected chi connectivity index (χ4v) is 1.83. The number of carbonyl (C=O) groups excluding carboxylic acids is 1.